The van der Waals surface area contributed by atoms with Gasteiger partial charge in [0.1, 0.15) is 23.3 Å². The molecular formula is C27H26ClFN4O2. The Hall–Kier alpha value is -3.19. The molecule has 2 fully saturated rings. The number of nitrogens with one attached hydrogen (secondary N) is 1. The van der Waals surface area contributed by atoms with Crippen molar-refractivity contribution >= 4 is 39.9 Å². The fraction of sp³-hybridized carbons (Fsp3) is 0.370. The number of carbonyl (C=O) groups is 1. The van der Waals surface area contributed by atoms with Crippen LogP contribution in [0.2, 0.25) is 5.02 Å². The number of halogens is 2. The number of pyridine rings is 2. The highest BCUT2D eigenvalue weighted by Gasteiger charge is 2.55. The van der Waals surface area contributed by atoms with Gasteiger partial charge in [0.15, 0.2) is 5.82 Å². The highest BCUT2D eigenvalue weighted by molar-refractivity contribution is 6.30. The van der Waals surface area contributed by atoms with Gasteiger partial charge in [-0.25, -0.2) is 9.37 Å². The molecule has 2 aliphatic rings. The van der Waals surface area contributed by atoms with Crippen molar-refractivity contribution < 1.29 is 13.9 Å². The largest absolute Gasteiger partial charge is 0.489 e. The van der Waals surface area contributed by atoms with Crippen molar-refractivity contribution in [2.24, 2.45) is 23.7 Å². The van der Waals surface area contributed by atoms with Gasteiger partial charge in [-0.1, -0.05) is 18.5 Å². The van der Waals surface area contributed by atoms with Crippen LogP contribution >= 0.6 is 11.6 Å². The number of rotatable bonds is 7. The molecule has 6 nitrogen and oxygen atoms in total. The zero-order valence-corrected chi connectivity index (χ0v) is 20.1. The van der Waals surface area contributed by atoms with Gasteiger partial charge in [-0.2, -0.15) is 0 Å². The molecule has 2 saturated carbocycles. The molecule has 0 saturated heterocycles. The first kappa shape index (κ1) is 22.3. The smallest absolute Gasteiger partial charge is 0.228 e. The average Bonchev–Trinajstić information content (AvgIpc) is 3.44. The quantitative estimate of drug-likeness (QED) is 0.337. The van der Waals surface area contributed by atoms with Gasteiger partial charge in [-0.05, 0) is 79.8 Å². The molecule has 0 spiro atoms. The Morgan fingerprint density at radius 1 is 1.23 bits per heavy atom. The molecule has 4 aromatic rings. The van der Waals surface area contributed by atoms with Crippen molar-refractivity contribution in [3.63, 3.8) is 0 Å². The zero-order valence-electron chi connectivity index (χ0n) is 19.3. The lowest BCUT2D eigenvalue weighted by Crippen LogP contribution is -2.26. The Kier molecular flexibility index (Phi) is 5.60. The molecular weight excluding hydrogens is 467 g/mol. The first-order valence-electron chi connectivity index (χ1n) is 12.1. The first-order valence-corrected chi connectivity index (χ1v) is 12.5. The van der Waals surface area contributed by atoms with E-state index in [1.54, 1.807) is 35.1 Å². The summed E-state index contributed by atoms with van der Waals surface area (Å²) in [5, 5.41) is 4.31. The maximum Gasteiger partial charge on any atom is 0.228 e. The van der Waals surface area contributed by atoms with Crippen LogP contribution in [0.15, 0.2) is 55.0 Å². The van der Waals surface area contributed by atoms with E-state index in [0.717, 1.165) is 36.8 Å². The SMILES string of the molecule is CCC(C[C@@H]1C[C@@H](Oc2ccnc3ccc(F)cc23)C2C[C@@H]21)C(=O)Nc1cn2cc(Cl)ccc2n1. The maximum absolute atomic E-state index is 13.8. The van der Waals surface area contributed by atoms with Crippen LogP contribution in [0.3, 0.4) is 0 Å². The monoisotopic (exact) mass is 492 g/mol. The van der Waals surface area contributed by atoms with Crippen LogP contribution in [-0.4, -0.2) is 26.4 Å². The zero-order chi connectivity index (χ0) is 24.1. The number of imidazole rings is 1. The Morgan fingerprint density at radius 2 is 2.11 bits per heavy atom. The van der Waals surface area contributed by atoms with Gasteiger partial charge in [0, 0.05) is 23.7 Å². The summed E-state index contributed by atoms with van der Waals surface area (Å²) in [6.07, 6.45) is 8.96. The molecule has 2 unspecified atom stereocenters. The predicted molar refractivity (Wildman–Crippen MR) is 133 cm³/mol. The summed E-state index contributed by atoms with van der Waals surface area (Å²) in [6.45, 7) is 2.05. The summed E-state index contributed by atoms with van der Waals surface area (Å²) < 4.78 is 22.1. The van der Waals surface area contributed by atoms with E-state index in [2.05, 4.69) is 22.2 Å². The normalized spacial score (nSPS) is 23.9. The number of benzene rings is 1. The minimum atomic E-state index is -0.297. The molecule has 6 rings (SSSR count). The number of fused-ring (bicyclic) bond motifs is 3. The molecule has 3 aromatic heterocycles. The molecule has 1 amide bonds. The predicted octanol–water partition coefficient (Wildman–Crippen LogP) is 6.13. The number of carbonyl (C=O) groups excluding carboxylic acids is 1. The topological polar surface area (TPSA) is 68.5 Å². The molecule has 1 aromatic carbocycles. The minimum Gasteiger partial charge on any atom is -0.489 e. The molecule has 0 bridgehead atoms. The number of aromatic nitrogens is 3. The maximum atomic E-state index is 13.8. The number of hydrogen-bond donors (Lipinski definition) is 1. The van der Waals surface area contributed by atoms with Gasteiger partial charge in [0.25, 0.3) is 0 Å². The van der Waals surface area contributed by atoms with Gasteiger partial charge in [0.2, 0.25) is 5.91 Å². The molecule has 5 atom stereocenters. The van der Waals surface area contributed by atoms with Gasteiger partial charge >= 0.3 is 0 Å². The van der Waals surface area contributed by atoms with Gasteiger partial charge in [-0.15, -0.1) is 0 Å². The second kappa shape index (κ2) is 8.79. The van der Waals surface area contributed by atoms with E-state index in [-0.39, 0.29) is 23.7 Å². The van der Waals surface area contributed by atoms with Crippen molar-refractivity contribution in [1.29, 1.82) is 0 Å². The molecule has 8 heteroatoms. The van der Waals surface area contributed by atoms with E-state index in [4.69, 9.17) is 16.3 Å². The Bertz CT molecular complexity index is 1420. The van der Waals surface area contributed by atoms with E-state index >= 15 is 0 Å². The third kappa shape index (κ3) is 4.33. The van der Waals surface area contributed by atoms with Crippen molar-refractivity contribution in [1.82, 2.24) is 14.4 Å². The fourth-order valence-corrected chi connectivity index (χ4v) is 5.86. The van der Waals surface area contributed by atoms with Crippen molar-refractivity contribution in [2.45, 2.75) is 38.7 Å². The van der Waals surface area contributed by atoms with Crippen molar-refractivity contribution in [3.8, 4) is 5.75 Å². The minimum absolute atomic E-state index is 0.000764. The molecule has 1 N–H and O–H groups in total. The summed E-state index contributed by atoms with van der Waals surface area (Å²) in [6, 6.07) is 9.99. The molecule has 0 radical (unpaired) electrons. The van der Waals surface area contributed by atoms with Crippen molar-refractivity contribution in [3.05, 3.63) is 65.8 Å². The number of anilines is 1. The number of amides is 1. The highest BCUT2D eigenvalue weighted by Crippen LogP contribution is 2.58. The van der Waals surface area contributed by atoms with Crippen LogP contribution < -0.4 is 10.1 Å². The van der Waals surface area contributed by atoms with E-state index in [1.165, 1.54) is 12.1 Å². The molecule has 3 heterocycles. The standard InChI is InChI=1S/C27H26ClFN4O2/c1-2-15(27(34)32-25-14-33-13-17(28)3-6-26(33)31-25)9-16-10-24(20-12-19(16)20)35-23-7-8-30-22-5-4-18(29)11-21(22)23/h3-8,11,13-16,19-20,24H,2,9-10,12H2,1H3,(H,32,34)/t15?,16-,19-,20?,24-/m1/s1. The third-order valence-corrected chi connectivity index (χ3v) is 7.79. The van der Waals surface area contributed by atoms with E-state index in [0.29, 0.717) is 39.7 Å². The van der Waals surface area contributed by atoms with Crippen LogP contribution in [0.25, 0.3) is 16.6 Å². The fourth-order valence-electron chi connectivity index (χ4n) is 5.70. The van der Waals surface area contributed by atoms with Crippen LogP contribution in [0, 0.1) is 29.5 Å². The summed E-state index contributed by atoms with van der Waals surface area (Å²) >= 11 is 6.05. The summed E-state index contributed by atoms with van der Waals surface area (Å²) in [5.74, 6) is 2.35. The second-order valence-corrected chi connectivity index (χ2v) is 10.2. The number of nitrogens with zero attached hydrogens (tertiary/aromatic N) is 3. The number of ether oxygens (including phenoxy) is 1. The molecule has 180 valence electrons. The van der Waals surface area contributed by atoms with Crippen LogP contribution in [-0.2, 0) is 4.79 Å². The van der Waals surface area contributed by atoms with Crippen LogP contribution in [0.1, 0.15) is 32.6 Å². The summed E-state index contributed by atoms with van der Waals surface area (Å²) in [7, 11) is 0. The molecule has 0 aliphatic heterocycles. The van der Waals surface area contributed by atoms with E-state index in [1.807, 2.05) is 12.1 Å². The summed E-state index contributed by atoms with van der Waals surface area (Å²) in [5.41, 5.74) is 1.46. The Labute approximate surface area is 207 Å². The van der Waals surface area contributed by atoms with E-state index < -0.39 is 0 Å². The lowest BCUT2D eigenvalue weighted by Gasteiger charge is -2.22. The average molecular weight is 493 g/mol. The highest BCUT2D eigenvalue weighted by atomic mass is 35.5. The summed E-state index contributed by atoms with van der Waals surface area (Å²) in [4.78, 5) is 21.9. The first-order chi connectivity index (χ1) is 17.0. The Balaban J connectivity index is 1.12. The van der Waals surface area contributed by atoms with Gasteiger partial charge in [0.05, 0.1) is 16.7 Å². The van der Waals surface area contributed by atoms with Crippen LogP contribution in [0.4, 0.5) is 10.2 Å². The Morgan fingerprint density at radius 3 is 2.97 bits per heavy atom. The van der Waals surface area contributed by atoms with Gasteiger partial charge < -0.3 is 14.5 Å². The molecule has 2 aliphatic carbocycles. The number of hydrogen-bond acceptors (Lipinski definition) is 4. The second-order valence-electron chi connectivity index (χ2n) is 9.76. The lowest BCUT2D eigenvalue weighted by molar-refractivity contribution is -0.120. The molecule has 35 heavy (non-hydrogen) atoms. The third-order valence-electron chi connectivity index (χ3n) is 7.57. The lowest BCUT2D eigenvalue weighted by atomic mass is 9.88. The van der Waals surface area contributed by atoms with E-state index in [9.17, 15) is 9.18 Å². The van der Waals surface area contributed by atoms with Gasteiger partial charge in [-0.3, -0.25) is 9.78 Å². The van der Waals surface area contributed by atoms with Crippen molar-refractivity contribution in [2.75, 3.05) is 5.32 Å². The van der Waals surface area contributed by atoms with Crippen LogP contribution in [0.5, 0.6) is 5.75 Å².